The Kier molecular flexibility index (Phi) is 7.76. The third-order valence-electron chi connectivity index (χ3n) is 7.10. The van der Waals surface area contributed by atoms with Gasteiger partial charge in [0.2, 0.25) is 5.91 Å². The summed E-state index contributed by atoms with van der Waals surface area (Å²) in [7, 11) is 0. The van der Waals surface area contributed by atoms with Gasteiger partial charge < -0.3 is 9.88 Å². The molecule has 0 aliphatic rings. The molecular weight excluding hydrogens is 506 g/mol. The molecule has 194 valence electrons. The Balaban J connectivity index is 1.33. The molecule has 0 saturated carbocycles. The van der Waals surface area contributed by atoms with E-state index in [1.54, 1.807) is 18.2 Å². The van der Waals surface area contributed by atoms with E-state index >= 15 is 0 Å². The number of aromatic nitrogens is 1. The van der Waals surface area contributed by atoms with Crippen LogP contribution in [0.15, 0.2) is 91.0 Å². The lowest BCUT2D eigenvalue weighted by Gasteiger charge is -2.17. The Bertz CT molecular complexity index is 1720. The lowest BCUT2D eigenvalue weighted by atomic mass is 9.89. The van der Waals surface area contributed by atoms with Crippen LogP contribution in [-0.4, -0.2) is 16.3 Å². The van der Waals surface area contributed by atoms with Gasteiger partial charge in [-0.1, -0.05) is 66.2 Å². The summed E-state index contributed by atoms with van der Waals surface area (Å²) in [6, 6.07) is 31.0. The molecular formula is C33H28ClN3O2. The lowest BCUT2D eigenvalue weighted by molar-refractivity contribution is -0.119. The molecule has 0 radical (unpaired) electrons. The molecule has 0 aliphatic heterocycles. The summed E-state index contributed by atoms with van der Waals surface area (Å²) in [5.74, 6) is -0.402. The average molecular weight is 534 g/mol. The summed E-state index contributed by atoms with van der Waals surface area (Å²) in [6.07, 6.45) is 0.589. The fourth-order valence-corrected chi connectivity index (χ4v) is 5.52. The number of anilines is 1. The Morgan fingerprint density at radius 3 is 2.38 bits per heavy atom. The second-order valence-corrected chi connectivity index (χ2v) is 10.1. The number of hydrogen-bond acceptors (Lipinski definition) is 3. The van der Waals surface area contributed by atoms with E-state index in [1.807, 2.05) is 60.7 Å². The number of nitrogens with one attached hydrogen (secondary N) is 1. The average Bonchev–Trinajstić information content (AvgIpc) is 3.26. The van der Waals surface area contributed by atoms with Gasteiger partial charge in [-0.15, -0.1) is 0 Å². The molecule has 5 rings (SSSR count). The predicted octanol–water partition coefficient (Wildman–Crippen LogP) is 7.65. The molecule has 5 aromatic rings. The Labute approximate surface area is 232 Å². The van der Waals surface area contributed by atoms with Gasteiger partial charge in [-0.3, -0.25) is 9.59 Å². The highest BCUT2D eigenvalue weighted by Gasteiger charge is 2.21. The Hall–Kier alpha value is -4.40. The van der Waals surface area contributed by atoms with E-state index in [2.05, 4.69) is 35.0 Å². The number of nitrogens with zero attached hydrogens (tertiary/aromatic N) is 2. The van der Waals surface area contributed by atoms with Crippen LogP contribution in [0.1, 0.15) is 42.4 Å². The zero-order chi connectivity index (χ0) is 27.4. The number of nitriles is 1. The van der Waals surface area contributed by atoms with E-state index in [4.69, 9.17) is 16.9 Å². The molecule has 5 nitrogen and oxygen atoms in total. The lowest BCUT2D eigenvalue weighted by Crippen LogP contribution is -2.18. The molecule has 1 unspecified atom stereocenters. The number of benzene rings is 4. The smallest absolute Gasteiger partial charge is 0.224 e. The van der Waals surface area contributed by atoms with Gasteiger partial charge in [0, 0.05) is 53.3 Å². The second kappa shape index (κ2) is 11.6. The van der Waals surface area contributed by atoms with Crippen molar-refractivity contribution in [3.8, 4) is 6.07 Å². The van der Waals surface area contributed by atoms with Crippen LogP contribution in [-0.2, 0) is 22.6 Å². The number of ketones is 1. The van der Waals surface area contributed by atoms with Crippen molar-refractivity contribution in [3.63, 3.8) is 0 Å². The molecule has 1 aromatic heterocycles. The quantitative estimate of drug-likeness (QED) is 0.211. The predicted molar refractivity (Wildman–Crippen MR) is 157 cm³/mol. The minimum Gasteiger partial charge on any atom is -0.341 e. The zero-order valence-corrected chi connectivity index (χ0v) is 22.4. The fourth-order valence-electron chi connectivity index (χ4n) is 5.27. The number of rotatable bonds is 9. The molecule has 1 atom stereocenters. The molecule has 1 amide bonds. The molecule has 6 heteroatoms. The van der Waals surface area contributed by atoms with Crippen molar-refractivity contribution in [2.45, 2.75) is 38.6 Å². The van der Waals surface area contributed by atoms with Crippen molar-refractivity contribution in [3.05, 3.63) is 113 Å². The molecule has 4 aromatic carbocycles. The van der Waals surface area contributed by atoms with Gasteiger partial charge in [0.25, 0.3) is 0 Å². The number of para-hydroxylation sites is 1. The zero-order valence-electron chi connectivity index (χ0n) is 21.7. The van der Waals surface area contributed by atoms with E-state index in [1.165, 1.54) is 5.52 Å². The summed E-state index contributed by atoms with van der Waals surface area (Å²) < 4.78 is 2.27. The Morgan fingerprint density at radius 2 is 1.64 bits per heavy atom. The Morgan fingerprint density at radius 1 is 0.897 bits per heavy atom. The van der Waals surface area contributed by atoms with Crippen LogP contribution < -0.4 is 5.32 Å². The normalized spacial score (nSPS) is 11.8. The van der Waals surface area contributed by atoms with Crippen molar-refractivity contribution in [2.75, 3.05) is 5.32 Å². The third-order valence-corrected chi connectivity index (χ3v) is 7.42. The molecule has 0 fully saturated rings. The van der Waals surface area contributed by atoms with Gasteiger partial charge in [0.15, 0.2) is 0 Å². The number of fused-ring (bicyclic) bond motifs is 3. The van der Waals surface area contributed by atoms with Gasteiger partial charge in [-0.05, 0) is 60.4 Å². The van der Waals surface area contributed by atoms with Gasteiger partial charge in [0.1, 0.15) is 11.9 Å². The minimum absolute atomic E-state index is 0.00576. The number of halogens is 1. The summed E-state index contributed by atoms with van der Waals surface area (Å²) in [5, 5.41) is 14.7. The summed E-state index contributed by atoms with van der Waals surface area (Å²) >= 11 is 6.15. The van der Waals surface area contributed by atoms with Crippen LogP contribution in [0.3, 0.4) is 0 Å². The van der Waals surface area contributed by atoms with Gasteiger partial charge in [-0.25, -0.2) is 0 Å². The van der Waals surface area contributed by atoms with Gasteiger partial charge in [0.05, 0.1) is 10.6 Å². The largest absolute Gasteiger partial charge is 0.341 e. The topological polar surface area (TPSA) is 74.9 Å². The highest BCUT2D eigenvalue weighted by molar-refractivity contribution is 6.31. The van der Waals surface area contributed by atoms with E-state index in [-0.39, 0.29) is 36.9 Å². The summed E-state index contributed by atoms with van der Waals surface area (Å²) in [6.45, 7) is 2.99. The second-order valence-electron chi connectivity index (χ2n) is 9.70. The number of Topliss-reactive ketones (excluding diaryl/α,β-unsaturated/α-hetero) is 1. The first kappa shape index (κ1) is 26.2. The first-order chi connectivity index (χ1) is 19.0. The van der Waals surface area contributed by atoms with Crippen molar-refractivity contribution >= 4 is 50.8 Å². The van der Waals surface area contributed by atoms with Crippen LogP contribution >= 0.6 is 11.6 Å². The number of hydrogen-bond donors (Lipinski definition) is 1. The maximum Gasteiger partial charge on any atom is 0.224 e. The van der Waals surface area contributed by atoms with E-state index in [9.17, 15) is 9.59 Å². The SMILES string of the molecule is CCn1c2ccccc2c2cc(NC(=O)CC(CC(=O)Cc3ccc(C#N)c(Cl)c3)c3ccccc3)ccc21. The summed E-state index contributed by atoms with van der Waals surface area (Å²) in [5.41, 5.74) is 5.11. The number of amides is 1. The highest BCUT2D eigenvalue weighted by Crippen LogP contribution is 2.32. The molecule has 39 heavy (non-hydrogen) atoms. The number of carbonyl (C=O) groups is 2. The van der Waals surface area contributed by atoms with Crippen LogP contribution in [0.4, 0.5) is 5.69 Å². The van der Waals surface area contributed by atoms with Crippen molar-refractivity contribution in [2.24, 2.45) is 0 Å². The maximum absolute atomic E-state index is 13.2. The molecule has 1 N–H and O–H groups in total. The van der Waals surface area contributed by atoms with Gasteiger partial charge >= 0.3 is 0 Å². The van der Waals surface area contributed by atoms with Crippen LogP contribution in [0.5, 0.6) is 0 Å². The van der Waals surface area contributed by atoms with Crippen LogP contribution in [0, 0.1) is 11.3 Å². The first-order valence-electron chi connectivity index (χ1n) is 13.0. The fraction of sp³-hybridized carbons (Fsp3) is 0.182. The number of carbonyl (C=O) groups excluding carboxylic acids is 2. The van der Waals surface area contributed by atoms with Crippen LogP contribution in [0.25, 0.3) is 21.8 Å². The monoisotopic (exact) mass is 533 g/mol. The van der Waals surface area contributed by atoms with E-state index in [0.717, 1.165) is 39.6 Å². The maximum atomic E-state index is 13.2. The molecule has 0 bridgehead atoms. The summed E-state index contributed by atoms with van der Waals surface area (Å²) in [4.78, 5) is 26.3. The van der Waals surface area contributed by atoms with Crippen molar-refractivity contribution in [1.29, 1.82) is 5.26 Å². The van der Waals surface area contributed by atoms with E-state index < -0.39 is 0 Å². The van der Waals surface area contributed by atoms with Crippen molar-refractivity contribution < 1.29 is 9.59 Å². The number of aryl methyl sites for hydroxylation is 1. The minimum atomic E-state index is -0.265. The molecule has 0 saturated heterocycles. The molecule has 0 aliphatic carbocycles. The van der Waals surface area contributed by atoms with Crippen LogP contribution in [0.2, 0.25) is 5.02 Å². The van der Waals surface area contributed by atoms with Crippen molar-refractivity contribution in [1.82, 2.24) is 4.57 Å². The highest BCUT2D eigenvalue weighted by atomic mass is 35.5. The standard InChI is InChI=1S/C33H28ClN3O2/c1-2-37-31-11-7-6-10-28(31)29-20-26(14-15-32(29)37)36-33(39)19-25(23-8-4-3-5-9-23)18-27(38)16-22-12-13-24(21-35)30(34)17-22/h3-15,17,20,25H,2,16,18-19H2,1H3,(H,36,39). The molecule has 0 spiro atoms. The van der Waals surface area contributed by atoms with Gasteiger partial charge in [-0.2, -0.15) is 5.26 Å². The first-order valence-corrected chi connectivity index (χ1v) is 13.4. The van der Waals surface area contributed by atoms with E-state index in [0.29, 0.717) is 10.6 Å². The molecule has 1 heterocycles. The third kappa shape index (κ3) is 5.72.